The lowest BCUT2D eigenvalue weighted by Crippen LogP contribution is -2.58. The van der Waals surface area contributed by atoms with Crippen LogP contribution in [0.3, 0.4) is 0 Å². The van der Waals surface area contributed by atoms with Crippen molar-refractivity contribution in [1.29, 1.82) is 0 Å². The SMILES string of the molecule is CC(C)CC(NC(=O)C(N)CC(N)=O)C(=O)NC(Cc1ccc(O)cc1)C(=O)N1CCCC1C(=O)O. The van der Waals surface area contributed by atoms with Gasteiger partial charge >= 0.3 is 5.97 Å². The highest BCUT2D eigenvalue weighted by Crippen LogP contribution is 2.20. The number of benzene rings is 1. The molecule has 1 saturated heterocycles. The first-order chi connectivity index (χ1) is 16.9. The van der Waals surface area contributed by atoms with Gasteiger partial charge in [0.05, 0.1) is 12.5 Å². The lowest BCUT2D eigenvalue weighted by Gasteiger charge is -2.29. The highest BCUT2D eigenvalue weighted by atomic mass is 16.4. The Kier molecular flexibility index (Phi) is 10.2. The minimum atomic E-state index is -1.24. The number of aliphatic carboxylic acids is 1. The van der Waals surface area contributed by atoms with E-state index in [0.29, 0.717) is 18.4 Å². The fraction of sp³-hybridized carbons (Fsp3) is 0.542. The van der Waals surface area contributed by atoms with Crippen LogP contribution in [-0.2, 0) is 30.4 Å². The van der Waals surface area contributed by atoms with Crippen molar-refractivity contribution in [2.45, 2.75) is 70.1 Å². The van der Waals surface area contributed by atoms with E-state index in [2.05, 4.69) is 10.6 Å². The maximum atomic E-state index is 13.4. The van der Waals surface area contributed by atoms with Gasteiger partial charge in [-0.3, -0.25) is 19.2 Å². The van der Waals surface area contributed by atoms with Crippen LogP contribution in [0.15, 0.2) is 24.3 Å². The molecule has 8 N–H and O–H groups in total. The second-order valence-corrected chi connectivity index (χ2v) is 9.43. The summed E-state index contributed by atoms with van der Waals surface area (Å²) in [7, 11) is 0. The highest BCUT2D eigenvalue weighted by molar-refractivity contribution is 5.95. The molecule has 4 unspecified atom stereocenters. The Labute approximate surface area is 209 Å². The molecule has 0 aromatic heterocycles. The Balaban J connectivity index is 2.27. The van der Waals surface area contributed by atoms with Crippen molar-refractivity contribution in [1.82, 2.24) is 15.5 Å². The van der Waals surface area contributed by atoms with Gasteiger partial charge in [0, 0.05) is 13.0 Å². The minimum absolute atomic E-state index is 0.0189. The van der Waals surface area contributed by atoms with Crippen LogP contribution < -0.4 is 22.1 Å². The number of rotatable bonds is 12. The van der Waals surface area contributed by atoms with E-state index in [-0.39, 0.29) is 31.1 Å². The van der Waals surface area contributed by atoms with Crippen LogP contribution >= 0.6 is 0 Å². The van der Waals surface area contributed by atoms with E-state index in [0.717, 1.165) is 0 Å². The lowest BCUT2D eigenvalue weighted by molar-refractivity contribution is -0.149. The van der Waals surface area contributed by atoms with Gasteiger partial charge in [0.25, 0.3) is 0 Å². The molecular weight excluding hydrogens is 470 g/mol. The number of hydrogen-bond acceptors (Lipinski definition) is 7. The number of phenolic OH excluding ortho intramolecular Hbond substituents is 1. The second kappa shape index (κ2) is 12.9. The normalized spacial score (nSPS) is 17.8. The molecule has 1 aromatic carbocycles. The average Bonchev–Trinajstić information content (AvgIpc) is 3.28. The summed E-state index contributed by atoms with van der Waals surface area (Å²) in [4.78, 5) is 63.1. The second-order valence-electron chi connectivity index (χ2n) is 9.43. The minimum Gasteiger partial charge on any atom is -0.508 e. The van der Waals surface area contributed by atoms with Gasteiger partial charge in [-0.2, -0.15) is 0 Å². The molecule has 36 heavy (non-hydrogen) atoms. The van der Waals surface area contributed by atoms with Crippen LogP contribution in [0.2, 0.25) is 0 Å². The standard InChI is InChI=1S/C24H35N5O7/c1-13(2)10-17(27-21(32)16(25)12-20(26)31)22(33)28-18(11-14-5-7-15(30)8-6-14)23(34)29-9-3-4-19(29)24(35)36/h5-8,13,16-19,30H,3-4,9-12,25H2,1-2H3,(H2,26,31)(H,27,32)(H,28,33)(H,35,36). The van der Waals surface area contributed by atoms with E-state index in [4.69, 9.17) is 11.5 Å². The van der Waals surface area contributed by atoms with Crippen molar-refractivity contribution in [3.05, 3.63) is 29.8 Å². The third-order valence-corrected chi connectivity index (χ3v) is 5.91. The first kappa shape index (κ1) is 28.6. The van der Waals surface area contributed by atoms with E-state index in [1.165, 1.54) is 17.0 Å². The molecule has 1 fully saturated rings. The summed E-state index contributed by atoms with van der Waals surface area (Å²) in [5, 5.41) is 24.3. The Morgan fingerprint density at radius 1 is 1.06 bits per heavy atom. The fourth-order valence-electron chi connectivity index (χ4n) is 4.12. The van der Waals surface area contributed by atoms with Gasteiger partial charge in [-0.25, -0.2) is 4.79 Å². The number of likely N-dealkylation sites (tertiary alicyclic amines) is 1. The first-order valence-corrected chi connectivity index (χ1v) is 11.8. The zero-order valence-electron chi connectivity index (χ0n) is 20.5. The summed E-state index contributed by atoms with van der Waals surface area (Å²) in [6.45, 7) is 3.93. The molecule has 0 spiro atoms. The third-order valence-electron chi connectivity index (χ3n) is 5.91. The summed E-state index contributed by atoms with van der Waals surface area (Å²) in [5.74, 6) is -3.81. The molecule has 12 heteroatoms. The number of primary amides is 1. The molecule has 1 aliphatic rings. The van der Waals surface area contributed by atoms with Gasteiger partial charge in [0.2, 0.25) is 23.6 Å². The van der Waals surface area contributed by atoms with Crippen molar-refractivity contribution >= 4 is 29.6 Å². The van der Waals surface area contributed by atoms with Crippen LogP contribution in [0, 0.1) is 5.92 Å². The highest BCUT2D eigenvalue weighted by Gasteiger charge is 2.38. The van der Waals surface area contributed by atoms with Crippen molar-refractivity contribution in [2.24, 2.45) is 17.4 Å². The number of aromatic hydroxyl groups is 1. The van der Waals surface area contributed by atoms with Crippen molar-refractivity contribution < 1.29 is 34.2 Å². The van der Waals surface area contributed by atoms with Gasteiger partial charge in [-0.05, 0) is 42.9 Å². The van der Waals surface area contributed by atoms with Gasteiger partial charge in [-0.15, -0.1) is 0 Å². The zero-order valence-corrected chi connectivity index (χ0v) is 20.5. The molecule has 12 nitrogen and oxygen atoms in total. The van der Waals surface area contributed by atoms with Crippen LogP contribution in [0.1, 0.15) is 45.1 Å². The summed E-state index contributed by atoms with van der Waals surface area (Å²) < 4.78 is 0. The van der Waals surface area contributed by atoms with Gasteiger partial charge < -0.3 is 37.2 Å². The van der Waals surface area contributed by atoms with E-state index in [1.54, 1.807) is 12.1 Å². The average molecular weight is 506 g/mol. The van der Waals surface area contributed by atoms with Crippen molar-refractivity contribution in [3.8, 4) is 5.75 Å². The number of carbonyl (C=O) groups excluding carboxylic acids is 4. The van der Waals surface area contributed by atoms with Crippen LogP contribution in [0.5, 0.6) is 5.75 Å². The number of phenols is 1. The lowest BCUT2D eigenvalue weighted by atomic mass is 10.00. The maximum Gasteiger partial charge on any atom is 0.326 e. The molecule has 1 heterocycles. The van der Waals surface area contributed by atoms with Gasteiger partial charge in [0.15, 0.2) is 0 Å². The molecule has 1 aliphatic heterocycles. The smallest absolute Gasteiger partial charge is 0.326 e. The molecular formula is C24H35N5O7. The van der Waals surface area contributed by atoms with Gasteiger partial charge in [-0.1, -0.05) is 26.0 Å². The number of hydrogen-bond donors (Lipinski definition) is 6. The third kappa shape index (κ3) is 8.22. The van der Waals surface area contributed by atoms with E-state index >= 15 is 0 Å². The van der Waals surface area contributed by atoms with Gasteiger partial charge in [0.1, 0.15) is 23.9 Å². The topological polar surface area (TPSA) is 205 Å². The summed E-state index contributed by atoms with van der Waals surface area (Å²) >= 11 is 0. The largest absolute Gasteiger partial charge is 0.508 e. The number of carboxylic acids is 1. The number of carbonyl (C=O) groups is 5. The predicted octanol–water partition coefficient (Wildman–Crippen LogP) is -0.771. The summed E-state index contributed by atoms with van der Waals surface area (Å²) in [6.07, 6.45) is 0.701. The van der Waals surface area contributed by atoms with E-state index < -0.39 is 60.2 Å². The monoisotopic (exact) mass is 505 g/mol. The van der Waals surface area contributed by atoms with Crippen LogP contribution in [-0.4, -0.2) is 75.4 Å². The molecule has 2 rings (SSSR count). The Morgan fingerprint density at radius 2 is 1.67 bits per heavy atom. The van der Waals surface area contributed by atoms with Crippen molar-refractivity contribution in [3.63, 3.8) is 0 Å². The number of nitrogens with one attached hydrogen (secondary N) is 2. The molecule has 0 radical (unpaired) electrons. The van der Waals surface area contributed by atoms with Crippen molar-refractivity contribution in [2.75, 3.05) is 6.54 Å². The van der Waals surface area contributed by atoms with Crippen LogP contribution in [0.4, 0.5) is 0 Å². The zero-order chi connectivity index (χ0) is 27.0. The van der Waals surface area contributed by atoms with Crippen LogP contribution in [0.25, 0.3) is 0 Å². The molecule has 4 amide bonds. The van der Waals surface area contributed by atoms with E-state index in [1.807, 2.05) is 13.8 Å². The molecule has 4 atom stereocenters. The number of carboxylic acid groups (broad SMARTS) is 1. The van der Waals surface area contributed by atoms with E-state index in [9.17, 15) is 34.2 Å². The summed E-state index contributed by atoms with van der Waals surface area (Å²) in [6, 6.07) is 1.67. The predicted molar refractivity (Wildman–Crippen MR) is 129 cm³/mol. The fourth-order valence-corrected chi connectivity index (χ4v) is 4.12. The number of amides is 4. The molecule has 0 saturated carbocycles. The number of nitrogens with two attached hydrogens (primary N) is 2. The Bertz CT molecular complexity index is 966. The Morgan fingerprint density at radius 3 is 2.22 bits per heavy atom. The number of nitrogens with zero attached hydrogens (tertiary/aromatic N) is 1. The molecule has 0 bridgehead atoms. The Hall–Kier alpha value is -3.67. The molecule has 0 aliphatic carbocycles. The maximum absolute atomic E-state index is 13.4. The molecule has 198 valence electrons. The quantitative estimate of drug-likeness (QED) is 0.212. The molecule has 1 aromatic rings. The summed E-state index contributed by atoms with van der Waals surface area (Å²) in [5.41, 5.74) is 11.4. The first-order valence-electron chi connectivity index (χ1n) is 11.8.